The molecule has 2 rings (SSSR count). The quantitative estimate of drug-likeness (QED) is 0.538. The van der Waals surface area contributed by atoms with Gasteiger partial charge in [-0.1, -0.05) is 6.92 Å². The molecule has 0 bridgehead atoms. The second-order valence-electron chi connectivity index (χ2n) is 5.57. The summed E-state index contributed by atoms with van der Waals surface area (Å²) in [6, 6.07) is 11.1. The second-order valence-corrected chi connectivity index (χ2v) is 5.57. The number of benzene rings is 2. The van der Waals surface area contributed by atoms with E-state index in [1.54, 1.807) is 36.4 Å². The van der Waals surface area contributed by atoms with E-state index in [2.05, 4.69) is 5.32 Å². The van der Waals surface area contributed by atoms with Crippen molar-refractivity contribution in [1.82, 2.24) is 0 Å². The number of nitrogens with one attached hydrogen (secondary N) is 1. The molecule has 142 valence electrons. The zero-order valence-corrected chi connectivity index (χ0v) is 15.2. The van der Waals surface area contributed by atoms with Gasteiger partial charge in [0.15, 0.2) is 12.9 Å². The summed E-state index contributed by atoms with van der Waals surface area (Å²) in [6.07, 6.45) is 1.38. The lowest BCUT2D eigenvalue weighted by molar-refractivity contribution is -0.118. The third kappa shape index (κ3) is 5.85. The Morgan fingerprint density at radius 2 is 1.85 bits per heavy atom. The van der Waals surface area contributed by atoms with E-state index in [9.17, 15) is 14.4 Å². The van der Waals surface area contributed by atoms with E-state index in [0.717, 1.165) is 6.42 Å². The molecule has 0 fully saturated rings. The second kappa shape index (κ2) is 9.96. The van der Waals surface area contributed by atoms with Gasteiger partial charge in [0.25, 0.3) is 5.91 Å². The molecule has 27 heavy (non-hydrogen) atoms. The van der Waals surface area contributed by atoms with Crippen molar-refractivity contribution in [3.05, 3.63) is 53.6 Å². The van der Waals surface area contributed by atoms with Gasteiger partial charge in [0.1, 0.15) is 11.5 Å². The number of esters is 1. The molecule has 0 saturated heterocycles. The van der Waals surface area contributed by atoms with E-state index in [4.69, 9.17) is 14.2 Å². The molecule has 0 aliphatic rings. The minimum atomic E-state index is -0.404. The predicted molar refractivity (Wildman–Crippen MR) is 99.5 cm³/mol. The normalized spacial score (nSPS) is 10.0. The highest BCUT2D eigenvalue weighted by Crippen LogP contribution is 2.22. The van der Waals surface area contributed by atoms with Crippen molar-refractivity contribution in [3.8, 4) is 11.5 Å². The summed E-state index contributed by atoms with van der Waals surface area (Å²) in [6.45, 7) is 2.01. The van der Waals surface area contributed by atoms with Crippen LogP contribution in [-0.4, -0.2) is 38.5 Å². The number of carbonyl (C=O) groups excluding carboxylic acids is 3. The van der Waals surface area contributed by atoms with Crippen molar-refractivity contribution in [2.24, 2.45) is 0 Å². The van der Waals surface area contributed by atoms with Gasteiger partial charge < -0.3 is 19.5 Å². The van der Waals surface area contributed by atoms with Crippen molar-refractivity contribution in [2.45, 2.75) is 13.3 Å². The van der Waals surface area contributed by atoms with Gasteiger partial charge in [-0.25, -0.2) is 4.79 Å². The molecule has 1 N–H and O–H groups in total. The van der Waals surface area contributed by atoms with Gasteiger partial charge >= 0.3 is 5.97 Å². The van der Waals surface area contributed by atoms with Crippen LogP contribution in [0.2, 0.25) is 0 Å². The molecule has 7 nitrogen and oxygen atoms in total. The Morgan fingerprint density at radius 1 is 1.11 bits per heavy atom. The number of methoxy groups -OCH3 is 1. The van der Waals surface area contributed by atoms with Crippen LogP contribution in [-0.2, 0) is 9.53 Å². The predicted octanol–water partition coefficient (Wildman–Crippen LogP) is 3.09. The molecule has 0 unspecified atom stereocenters. The molecular formula is C20H21NO6. The first-order valence-electron chi connectivity index (χ1n) is 8.40. The van der Waals surface area contributed by atoms with Gasteiger partial charge in [0.2, 0.25) is 0 Å². The van der Waals surface area contributed by atoms with Crippen LogP contribution >= 0.6 is 0 Å². The van der Waals surface area contributed by atoms with Crippen LogP contribution in [0.5, 0.6) is 11.5 Å². The molecule has 0 saturated carbocycles. The highest BCUT2D eigenvalue weighted by molar-refractivity contribution is 5.94. The van der Waals surface area contributed by atoms with Crippen LogP contribution in [0.3, 0.4) is 0 Å². The summed E-state index contributed by atoms with van der Waals surface area (Å²) in [4.78, 5) is 34.9. The molecule has 0 aliphatic carbocycles. The smallest absolute Gasteiger partial charge is 0.338 e. The molecule has 0 radical (unpaired) electrons. The monoisotopic (exact) mass is 371 g/mol. The Bertz CT molecular complexity index is 801. The molecule has 0 aliphatic heterocycles. The van der Waals surface area contributed by atoms with Crippen LogP contribution in [0.1, 0.15) is 34.1 Å². The Morgan fingerprint density at radius 3 is 2.48 bits per heavy atom. The summed E-state index contributed by atoms with van der Waals surface area (Å²) in [5, 5.41) is 2.65. The van der Waals surface area contributed by atoms with Gasteiger partial charge in [-0.2, -0.15) is 0 Å². The average molecular weight is 371 g/mol. The fraction of sp³-hybridized carbons (Fsp3) is 0.250. The lowest BCUT2D eigenvalue weighted by atomic mass is 10.2. The summed E-state index contributed by atoms with van der Waals surface area (Å²) in [5.74, 6) is 0.00403. The molecule has 0 aromatic heterocycles. The van der Waals surface area contributed by atoms with E-state index in [-0.39, 0.29) is 17.9 Å². The van der Waals surface area contributed by atoms with Gasteiger partial charge in [-0.3, -0.25) is 9.59 Å². The Balaban J connectivity index is 1.90. The largest absolute Gasteiger partial charge is 0.497 e. The van der Waals surface area contributed by atoms with Crippen LogP contribution < -0.4 is 14.8 Å². The minimum absolute atomic E-state index is 0.270. The SMILES string of the molecule is CCCOC(=O)c1ccc(NC(=O)COc2ccc(OC)cc2C=O)cc1. The van der Waals surface area contributed by atoms with E-state index < -0.39 is 11.9 Å². The van der Waals surface area contributed by atoms with Crippen molar-refractivity contribution >= 4 is 23.9 Å². The van der Waals surface area contributed by atoms with Crippen molar-refractivity contribution < 1.29 is 28.6 Å². The maximum Gasteiger partial charge on any atom is 0.338 e. The molecule has 1 amide bonds. The van der Waals surface area contributed by atoms with Crippen LogP contribution in [0.25, 0.3) is 0 Å². The molecule has 2 aromatic carbocycles. The molecular weight excluding hydrogens is 350 g/mol. The number of anilines is 1. The number of rotatable bonds is 9. The standard InChI is InChI=1S/C20H21NO6/c1-3-10-26-20(24)14-4-6-16(7-5-14)21-19(23)13-27-18-9-8-17(25-2)11-15(18)12-22/h4-9,11-12H,3,10,13H2,1-2H3,(H,21,23). The number of aldehydes is 1. The molecule has 0 spiro atoms. The van der Waals surface area contributed by atoms with Crippen molar-refractivity contribution in [3.63, 3.8) is 0 Å². The molecule has 7 heteroatoms. The first-order valence-corrected chi connectivity index (χ1v) is 8.40. The lowest BCUT2D eigenvalue weighted by Crippen LogP contribution is -2.20. The molecule has 2 aromatic rings. The Hall–Kier alpha value is -3.35. The van der Waals surface area contributed by atoms with E-state index in [0.29, 0.717) is 29.9 Å². The van der Waals surface area contributed by atoms with Gasteiger partial charge in [-0.15, -0.1) is 0 Å². The van der Waals surface area contributed by atoms with E-state index in [1.165, 1.54) is 13.2 Å². The maximum absolute atomic E-state index is 12.0. The summed E-state index contributed by atoms with van der Waals surface area (Å²) in [5.41, 5.74) is 1.21. The number of amides is 1. The first-order chi connectivity index (χ1) is 13.1. The summed E-state index contributed by atoms with van der Waals surface area (Å²) >= 11 is 0. The van der Waals surface area contributed by atoms with Crippen LogP contribution in [0, 0.1) is 0 Å². The highest BCUT2D eigenvalue weighted by atomic mass is 16.5. The first kappa shape index (κ1) is 20.0. The number of carbonyl (C=O) groups is 3. The highest BCUT2D eigenvalue weighted by Gasteiger charge is 2.10. The zero-order valence-electron chi connectivity index (χ0n) is 15.2. The lowest BCUT2D eigenvalue weighted by Gasteiger charge is -2.10. The van der Waals surface area contributed by atoms with Crippen molar-refractivity contribution in [2.75, 3.05) is 25.6 Å². The Labute approximate surface area is 157 Å². The average Bonchev–Trinajstić information content (AvgIpc) is 2.70. The molecule has 0 atom stereocenters. The zero-order chi connectivity index (χ0) is 19.6. The fourth-order valence-electron chi connectivity index (χ4n) is 2.19. The van der Waals surface area contributed by atoms with Gasteiger partial charge in [0, 0.05) is 5.69 Å². The number of hydrogen-bond acceptors (Lipinski definition) is 6. The van der Waals surface area contributed by atoms with E-state index in [1.807, 2.05) is 6.92 Å². The van der Waals surface area contributed by atoms with Crippen LogP contribution in [0.15, 0.2) is 42.5 Å². The fourth-order valence-corrected chi connectivity index (χ4v) is 2.19. The van der Waals surface area contributed by atoms with Gasteiger partial charge in [-0.05, 0) is 48.9 Å². The third-order valence-electron chi connectivity index (χ3n) is 3.54. The summed E-state index contributed by atoms with van der Waals surface area (Å²) < 4.78 is 15.5. The van der Waals surface area contributed by atoms with Gasteiger partial charge in [0.05, 0.1) is 24.8 Å². The minimum Gasteiger partial charge on any atom is -0.497 e. The van der Waals surface area contributed by atoms with Crippen molar-refractivity contribution in [1.29, 1.82) is 0 Å². The number of ether oxygens (including phenoxy) is 3. The topological polar surface area (TPSA) is 90.9 Å². The maximum atomic E-state index is 12.0. The van der Waals surface area contributed by atoms with Crippen LogP contribution in [0.4, 0.5) is 5.69 Å². The third-order valence-corrected chi connectivity index (χ3v) is 3.54. The molecule has 0 heterocycles. The summed E-state index contributed by atoms with van der Waals surface area (Å²) in [7, 11) is 1.49. The Kier molecular flexibility index (Phi) is 7.37. The number of hydrogen-bond donors (Lipinski definition) is 1. The van der Waals surface area contributed by atoms with E-state index >= 15 is 0 Å².